The van der Waals surface area contributed by atoms with Crippen molar-refractivity contribution in [1.82, 2.24) is 14.5 Å². The number of morpholine rings is 1. The zero-order chi connectivity index (χ0) is 20.1. The van der Waals surface area contributed by atoms with E-state index in [1.54, 1.807) is 6.20 Å². The summed E-state index contributed by atoms with van der Waals surface area (Å²) in [6, 6.07) is 18.2. The summed E-state index contributed by atoms with van der Waals surface area (Å²) in [5.41, 5.74) is 3.19. The molecule has 1 aliphatic rings. The Hall–Kier alpha value is -2.96. The Morgan fingerprint density at radius 3 is 2.59 bits per heavy atom. The van der Waals surface area contributed by atoms with Crippen LogP contribution in [0.2, 0.25) is 0 Å². The van der Waals surface area contributed by atoms with Gasteiger partial charge in [0, 0.05) is 44.3 Å². The van der Waals surface area contributed by atoms with Crippen molar-refractivity contribution in [3.8, 4) is 0 Å². The van der Waals surface area contributed by atoms with Crippen molar-refractivity contribution in [2.24, 2.45) is 0 Å². The third-order valence-electron chi connectivity index (χ3n) is 5.19. The molecular weight excluding hydrogens is 364 g/mol. The number of imidazole rings is 1. The molecule has 6 heteroatoms. The molecule has 1 aliphatic heterocycles. The summed E-state index contributed by atoms with van der Waals surface area (Å²) < 4.78 is 7.81. The minimum absolute atomic E-state index is 0.0963. The smallest absolute Gasteiger partial charge is 0.254 e. The molecule has 1 atom stereocenters. The molecule has 6 nitrogen and oxygen atoms in total. The van der Waals surface area contributed by atoms with Gasteiger partial charge in [-0.1, -0.05) is 42.5 Å². The number of anilines is 1. The van der Waals surface area contributed by atoms with Crippen LogP contribution in [0.3, 0.4) is 0 Å². The van der Waals surface area contributed by atoms with Gasteiger partial charge in [-0.15, -0.1) is 0 Å². The Balaban J connectivity index is 1.32. The lowest BCUT2D eigenvalue weighted by atomic mass is 10.1. The van der Waals surface area contributed by atoms with E-state index in [9.17, 15) is 4.79 Å². The second kappa shape index (κ2) is 9.03. The number of carbonyl (C=O) groups excluding carboxylic acids is 1. The molecule has 1 amide bonds. The zero-order valence-corrected chi connectivity index (χ0v) is 16.6. The molecule has 2 heterocycles. The predicted octanol–water partition coefficient (Wildman–Crippen LogP) is 3.08. The van der Waals surface area contributed by atoms with E-state index in [2.05, 4.69) is 31.9 Å². The number of carbonyl (C=O) groups is 1. The van der Waals surface area contributed by atoms with Gasteiger partial charge < -0.3 is 14.6 Å². The second-order valence-corrected chi connectivity index (χ2v) is 7.37. The van der Waals surface area contributed by atoms with Crippen molar-refractivity contribution in [3.05, 3.63) is 83.9 Å². The number of aryl methyl sites for hydroxylation is 1. The van der Waals surface area contributed by atoms with Crippen LogP contribution in [0.15, 0.2) is 67.0 Å². The zero-order valence-electron chi connectivity index (χ0n) is 16.6. The van der Waals surface area contributed by atoms with Gasteiger partial charge in [-0.05, 0) is 30.2 Å². The molecule has 1 aromatic heterocycles. The maximum absolute atomic E-state index is 12.7. The summed E-state index contributed by atoms with van der Waals surface area (Å²) in [7, 11) is 0. The fourth-order valence-electron chi connectivity index (χ4n) is 3.53. The molecule has 1 unspecified atom stereocenters. The Labute approximate surface area is 171 Å². The van der Waals surface area contributed by atoms with Crippen LogP contribution in [0.1, 0.15) is 17.0 Å². The third-order valence-corrected chi connectivity index (χ3v) is 5.19. The molecule has 0 spiro atoms. The van der Waals surface area contributed by atoms with Crippen LogP contribution in [0.4, 0.5) is 5.69 Å². The Morgan fingerprint density at radius 1 is 1.10 bits per heavy atom. The topological polar surface area (TPSA) is 59.4 Å². The molecule has 1 saturated heterocycles. The van der Waals surface area contributed by atoms with Crippen molar-refractivity contribution in [2.75, 3.05) is 25.0 Å². The number of hydrogen-bond acceptors (Lipinski definition) is 4. The molecule has 4 rings (SSSR count). The first kappa shape index (κ1) is 19.4. The summed E-state index contributed by atoms with van der Waals surface area (Å²) >= 11 is 0. The number of aromatic nitrogens is 2. The molecule has 150 valence electrons. The highest BCUT2D eigenvalue weighted by atomic mass is 16.5. The number of nitrogens with zero attached hydrogens (tertiary/aromatic N) is 3. The average Bonchev–Trinajstić information content (AvgIpc) is 3.15. The minimum Gasteiger partial charge on any atom is -0.366 e. The van der Waals surface area contributed by atoms with Crippen LogP contribution in [0.25, 0.3) is 0 Å². The molecular formula is C23H26N4O2. The fourth-order valence-corrected chi connectivity index (χ4v) is 3.53. The standard InChI is InChI=1S/C23H26N4O2/c1-18-24-11-12-27(18)16-20-7-9-21(10-8-20)25-23(28)22-17-26(13-14-29-22)15-19-5-3-2-4-6-19/h2-12,22H,13-17H2,1H3,(H,25,28). The Bertz CT molecular complexity index is 937. The van der Waals surface area contributed by atoms with Gasteiger partial charge in [0.15, 0.2) is 0 Å². The quantitative estimate of drug-likeness (QED) is 0.703. The molecule has 0 bridgehead atoms. The normalized spacial score (nSPS) is 17.2. The largest absolute Gasteiger partial charge is 0.366 e. The van der Waals surface area contributed by atoms with Gasteiger partial charge in [0.25, 0.3) is 5.91 Å². The van der Waals surface area contributed by atoms with Crippen LogP contribution in [0.5, 0.6) is 0 Å². The minimum atomic E-state index is -0.458. The fraction of sp³-hybridized carbons (Fsp3) is 0.304. The van der Waals surface area contributed by atoms with Gasteiger partial charge in [0.05, 0.1) is 6.61 Å². The van der Waals surface area contributed by atoms with E-state index in [0.717, 1.165) is 36.7 Å². The Kier molecular flexibility index (Phi) is 6.03. The number of amides is 1. The van der Waals surface area contributed by atoms with Gasteiger partial charge in [-0.3, -0.25) is 9.69 Å². The van der Waals surface area contributed by atoms with Gasteiger partial charge in [-0.2, -0.15) is 0 Å². The first-order chi connectivity index (χ1) is 14.2. The number of ether oxygens (including phenoxy) is 1. The molecule has 1 fully saturated rings. The van der Waals surface area contributed by atoms with E-state index in [1.807, 2.05) is 55.6 Å². The van der Waals surface area contributed by atoms with Crippen LogP contribution in [0, 0.1) is 6.92 Å². The van der Waals surface area contributed by atoms with Crippen LogP contribution in [-0.2, 0) is 22.6 Å². The highest BCUT2D eigenvalue weighted by molar-refractivity contribution is 5.94. The average molecular weight is 390 g/mol. The highest BCUT2D eigenvalue weighted by Gasteiger charge is 2.26. The van der Waals surface area contributed by atoms with E-state index < -0.39 is 6.10 Å². The Morgan fingerprint density at radius 2 is 1.86 bits per heavy atom. The summed E-state index contributed by atoms with van der Waals surface area (Å²) in [6.07, 6.45) is 3.31. The lowest BCUT2D eigenvalue weighted by molar-refractivity contribution is -0.133. The predicted molar refractivity (Wildman–Crippen MR) is 113 cm³/mol. The van der Waals surface area contributed by atoms with Crippen LogP contribution < -0.4 is 5.32 Å². The van der Waals surface area contributed by atoms with Gasteiger partial charge in [0.2, 0.25) is 0 Å². The first-order valence-electron chi connectivity index (χ1n) is 9.93. The number of rotatable bonds is 6. The van der Waals surface area contributed by atoms with Crippen molar-refractivity contribution < 1.29 is 9.53 Å². The molecule has 0 saturated carbocycles. The maximum atomic E-state index is 12.7. The van der Waals surface area contributed by atoms with E-state index in [0.29, 0.717) is 13.2 Å². The van der Waals surface area contributed by atoms with Crippen LogP contribution in [-0.4, -0.2) is 46.2 Å². The summed E-state index contributed by atoms with van der Waals surface area (Å²) in [6.45, 7) is 5.57. The van der Waals surface area contributed by atoms with Gasteiger partial charge in [-0.25, -0.2) is 4.98 Å². The highest BCUT2D eigenvalue weighted by Crippen LogP contribution is 2.15. The summed E-state index contributed by atoms with van der Waals surface area (Å²) in [5.74, 6) is 0.887. The first-order valence-corrected chi connectivity index (χ1v) is 9.93. The summed E-state index contributed by atoms with van der Waals surface area (Å²) in [4.78, 5) is 19.2. The molecule has 2 aromatic carbocycles. The van der Waals surface area contributed by atoms with Crippen molar-refractivity contribution in [3.63, 3.8) is 0 Å². The maximum Gasteiger partial charge on any atom is 0.254 e. The lowest BCUT2D eigenvalue weighted by Crippen LogP contribution is -2.47. The molecule has 3 aromatic rings. The summed E-state index contributed by atoms with van der Waals surface area (Å²) in [5, 5.41) is 2.98. The van der Waals surface area contributed by atoms with Crippen molar-refractivity contribution in [1.29, 1.82) is 0 Å². The van der Waals surface area contributed by atoms with Crippen LogP contribution >= 0.6 is 0 Å². The second-order valence-electron chi connectivity index (χ2n) is 7.37. The van der Waals surface area contributed by atoms with Crippen molar-refractivity contribution >= 4 is 11.6 Å². The molecule has 1 N–H and O–H groups in total. The number of hydrogen-bond donors (Lipinski definition) is 1. The molecule has 29 heavy (non-hydrogen) atoms. The number of benzene rings is 2. The monoisotopic (exact) mass is 390 g/mol. The molecule has 0 aliphatic carbocycles. The van der Waals surface area contributed by atoms with E-state index >= 15 is 0 Å². The number of nitrogens with one attached hydrogen (secondary N) is 1. The van der Waals surface area contributed by atoms with E-state index in [1.165, 1.54) is 5.56 Å². The van der Waals surface area contributed by atoms with Crippen molar-refractivity contribution in [2.45, 2.75) is 26.1 Å². The van der Waals surface area contributed by atoms with E-state index in [4.69, 9.17) is 4.74 Å². The van der Waals surface area contributed by atoms with E-state index in [-0.39, 0.29) is 5.91 Å². The lowest BCUT2D eigenvalue weighted by Gasteiger charge is -2.32. The van der Waals surface area contributed by atoms with Gasteiger partial charge in [0.1, 0.15) is 11.9 Å². The van der Waals surface area contributed by atoms with Gasteiger partial charge >= 0.3 is 0 Å². The third kappa shape index (κ3) is 5.10. The molecule has 0 radical (unpaired) electrons. The SMILES string of the molecule is Cc1nccn1Cc1ccc(NC(=O)C2CN(Cc3ccccc3)CCO2)cc1.